The van der Waals surface area contributed by atoms with Crippen LogP contribution in [-0.4, -0.2) is 43.1 Å². The van der Waals surface area contributed by atoms with E-state index < -0.39 is 0 Å². The van der Waals surface area contributed by atoms with Crippen LogP contribution in [0.4, 0.5) is 0 Å². The van der Waals surface area contributed by atoms with Crippen molar-refractivity contribution in [2.75, 3.05) is 27.3 Å². The van der Waals surface area contributed by atoms with Crippen LogP contribution >= 0.6 is 11.3 Å². The van der Waals surface area contributed by atoms with Gasteiger partial charge < -0.3 is 14.4 Å². The Morgan fingerprint density at radius 3 is 2.43 bits per heavy atom. The lowest BCUT2D eigenvalue weighted by molar-refractivity contribution is -0.129. The monoisotopic (exact) mass is 396 g/mol. The molecule has 2 aromatic carbocycles. The number of rotatable bonds is 8. The number of amides is 1. The molecule has 0 aliphatic heterocycles. The minimum absolute atomic E-state index is 0.0269. The van der Waals surface area contributed by atoms with Crippen LogP contribution in [0.2, 0.25) is 0 Å². The van der Waals surface area contributed by atoms with E-state index in [0.717, 1.165) is 27.8 Å². The van der Waals surface area contributed by atoms with E-state index in [4.69, 9.17) is 9.47 Å². The fraction of sp³-hybridized carbons (Fsp3) is 0.273. The molecule has 6 heteroatoms. The first-order valence-corrected chi connectivity index (χ1v) is 9.95. The lowest BCUT2D eigenvalue weighted by Gasteiger charge is -2.17. The Kier molecular flexibility index (Phi) is 6.66. The fourth-order valence-electron chi connectivity index (χ4n) is 2.60. The minimum Gasteiger partial charge on any atom is -0.497 e. The summed E-state index contributed by atoms with van der Waals surface area (Å²) in [5.41, 5.74) is 3.10. The van der Waals surface area contributed by atoms with Crippen LogP contribution in [0.3, 0.4) is 0 Å². The SMILES string of the molecule is COc1ccc(OCCN(C)C(=O)Cc2csc(-c3ccc(C)cc3)n2)cc1. The molecule has 0 aliphatic carbocycles. The maximum absolute atomic E-state index is 12.4. The predicted octanol–water partition coefficient (Wildman–Crippen LogP) is 4.21. The highest BCUT2D eigenvalue weighted by molar-refractivity contribution is 7.13. The van der Waals surface area contributed by atoms with Gasteiger partial charge >= 0.3 is 0 Å². The zero-order valence-electron chi connectivity index (χ0n) is 16.3. The fourth-order valence-corrected chi connectivity index (χ4v) is 3.43. The third-order valence-electron chi connectivity index (χ3n) is 4.36. The van der Waals surface area contributed by atoms with Crippen molar-refractivity contribution in [3.8, 4) is 22.1 Å². The van der Waals surface area contributed by atoms with Crippen molar-refractivity contribution in [3.63, 3.8) is 0 Å². The van der Waals surface area contributed by atoms with Gasteiger partial charge in [0, 0.05) is 18.0 Å². The first kappa shape index (κ1) is 19.9. The van der Waals surface area contributed by atoms with Crippen LogP contribution in [0.25, 0.3) is 10.6 Å². The molecule has 0 saturated carbocycles. The molecule has 0 atom stereocenters. The standard InChI is InChI=1S/C22H24N2O3S/c1-16-4-6-17(7-5-16)22-23-18(15-28-22)14-21(25)24(2)12-13-27-20-10-8-19(26-3)9-11-20/h4-11,15H,12-14H2,1-3H3. The average molecular weight is 397 g/mol. The molecule has 5 nitrogen and oxygen atoms in total. The van der Waals surface area contributed by atoms with Gasteiger partial charge in [0.25, 0.3) is 0 Å². The number of aromatic nitrogens is 1. The van der Waals surface area contributed by atoms with E-state index in [1.807, 2.05) is 29.6 Å². The van der Waals surface area contributed by atoms with E-state index in [1.165, 1.54) is 5.56 Å². The Morgan fingerprint density at radius 1 is 1.07 bits per heavy atom. The summed E-state index contributed by atoms with van der Waals surface area (Å²) in [4.78, 5) is 18.7. The second-order valence-corrected chi connectivity index (χ2v) is 7.38. The van der Waals surface area contributed by atoms with Gasteiger partial charge in [0.15, 0.2) is 0 Å². The first-order chi connectivity index (χ1) is 13.5. The molecule has 1 amide bonds. The number of ether oxygens (including phenoxy) is 2. The van der Waals surface area contributed by atoms with Crippen LogP contribution < -0.4 is 9.47 Å². The molecule has 0 radical (unpaired) electrons. The second kappa shape index (κ2) is 9.37. The van der Waals surface area contributed by atoms with Gasteiger partial charge in [-0.05, 0) is 31.2 Å². The summed E-state index contributed by atoms with van der Waals surface area (Å²) in [6, 6.07) is 15.6. The molecule has 28 heavy (non-hydrogen) atoms. The number of carbonyl (C=O) groups excluding carboxylic acids is 1. The molecule has 0 spiro atoms. The lowest BCUT2D eigenvalue weighted by atomic mass is 10.2. The van der Waals surface area contributed by atoms with E-state index >= 15 is 0 Å². The van der Waals surface area contributed by atoms with E-state index in [2.05, 4.69) is 36.2 Å². The third kappa shape index (κ3) is 5.33. The minimum atomic E-state index is 0.0269. The van der Waals surface area contributed by atoms with Crippen molar-refractivity contribution in [2.45, 2.75) is 13.3 Å². The van der Waals surface area contributed by atoms with Crippen molar-refractivity contribution in [3.05, 3.63) is 65.2 Å². The van der Waals surface area contributed by atoms with Gasteiger partial charge in [0.2, 0.25) is 5.91 Å². The Balaban J connectivity index is 1.48. The maximum atomic E-state index is 12.4. The highest BCUT2D eigenvalue weighted by Gasteiger charge is 2.13. The van der Waals surface area contributed by atoms with Gasteiger partial charge in [-0.1, -0.05) is 29.8 Å². The lowest BCUT2D eigenvalue weighted by Crippen LogP contribution is -2.32. The van der Waals surface area contributed by atoms with E-state index in [-0.39, 0.29) is 5.91 Å². The molecular formula is C22H24N2O3S. The van der Waals surface area contributed by atoms with E-state index in [1.54, 1.807) is 30.4 Å². The summed E-state index contributed by atoms with van der Waals surface area (Å²) in [7, 11) is 3.41. The number of methoxy groups -OCH3 is 1. The number of likely N-dealkylation sites (N-methyl/N-ethyl adjacent to an activating group) is 1. The topological polar surface area (TPSA) is 51.7 Å². The van der Waals surface area contributed by atoms with Crippen LogP contribution in [-0.2, 0) is 11.2 Å². The number of thiazole rings is 1. The Bertz CT molecular complexity index is 904. The molecule has 146 valence electrons. The van der Waals surface area contributed by atoms with Gasteiger partial charge in [-0.25, -0.2) is 4.98 Å². The van der Waals surface area contributed by atoms with Gasteiger partial charge in [-0.3, -0.25) is 4.79 Å². The maximum Gasteiger partial charge on any atom is 0.228 e. The average Bonchev–Trinajstić information content (AvgIpc) is 3.17. The van der Waals surface area contributed by atoms with Crippen molar-refractivity contribution in [2.24, 2.45) is 0 Å². The summed E-state index contributed by atoms with van der Waals surface area (Å²) < 4.78 is 10.8. The van der Waals surface area contributed by atoms with Gasteiger partial charge in [0.1, 0.15) is 23.1 Å². The zero-order valence-corrected chi connectivity index (χ0v) is 17.2. The van der Waals surface area contributed by atoms with Crippen molar-refractivity contribution in [1.29, 1.82) is 0 Å². The van der Waals surface area contributed by atoms with Crippen LogP contribution in [0, 0.1) is 6.92 Å². The Hall–Kier alpha value is -2.86. The summed E-state index contributed by atoms with van der Waals surface area (Å²) in [5, 5.41) is 2.89. The van der Waals surface area contributed by atoms with Crippen LogP contribution in [0.5, 0.6) is 11.5 Å². The van der Waals surface area contributed by atoms with Gasteiger partial charge in [0.05, 0.1) is 25.8 Å². The molecule has 1 aromatic heterocycles. The summed E-state index contributed by atoms with van der Waals surface area (Å²) in [6.45, 7) is 3.00. The highest BCUT2D eigenvalue weighted by Crippen LogP contribution is 2.24. The Labute approximate surface area is 169 Å². The summed E-state index contributed by atoms with van der Waals surface area (Å²) in [6.07, 6.45) is 0.293. The number of carbonyl (C=O) groups is 1. The number of nitrogens with zero attached hydrogens (tertiary/aromatic N) is 2. The summed E-state index contributed by atoms with van der Waals surface area (Å²) in [5.74, 6) is 1.57. The molecule has 0 N–H and O–H groups in total. The largest absolute Gasteiger partial charge is 0.497 e. The molecule has 0 aliphatic rings. The van der Waals surface area contributed by atoms with Crippen molar-refractivity contribution >= 4 is 17.2 Å². The third-order valence-corrected chi connectivity index (χ3v) is 5.30. The molecule has 3 aromatic rings. The first-order valence-electron chi connectivity index (χ1n) is 9.07. The van der Waals surface area contributed by atoms with E-state index in [9.17, 15) is 4.79 Å². The highest BCUT2D eigenvalue weighted by atomic mass is 32.1. The van der Waals surface area contributed by atoms with E-state index in [0.29, 0.717) is 19.6 Å². The molecule has 1 heterocycles. The number of hydrogen-bond acceptors (Lipinski definition) is 5. The van der Waals surface area contributed by atoms with Gasteiger partial charge in [-0.2, -0.15) is 0 Å². The molecule has 0 bridgehead atoms. The summed E-state index contributed by atoms with van der Waals surface area (Å²) >= 11 is 1.56. The second-order valence-electron chi connectivity index (χ2n) is 6.53. The number of benzene rings is 2. The molecule has 3 rings (SSSR count). The quantitative estimate of drug-likeness (QED) is 0.572. The Morgan fingerprint density at radius 2 is 1.75 bits per heavy atom. The van der Waals surface area contributed by atoms with Crippen molar-refractivity contribution < 1.29 is 14.3 Å². The van der Waals surface area contributed by atoms with Crippen LogP contribution in [0.1, 0.15) is 11.3 Å². The van der Waals surface area contributed by atoms with Crippen LogP contribution in [0.15, 0.2) is 53.9 Å². The van der Waals surface area contributed by atoms with Crippen molar-refractivity contribution in [1.82, 2.24) is 9.88 Å². The predicted molar refractivity (Wildman–Crippen MR) is 112 cm³/mol. The number of aryl methyl sites for hydroxylation is 1. The molecule has 0 saturated heterocycles. The molecule has 0 fully saturated rings. The molecule has 0 unspecified atom stereocenters. The number of hydrogen-bond donors (Lipinski definition) is 0. The van der Waals surface area contributed by atoms with Gasteiger partial charge in [-0.15, -0.1) is 11.3 Å². The molecular weight excluding hydrogens is 372 g/mol. The normalized spacial score (nSPS) is 10.5. The zero-order chi connectivity index (χ0) is 19.9. The smallest absolute Gasteiger partial charge is 0.228 e.